The Balaban J connectivity index is 2.15. The Kier molecular flexibility index (Phi) is 4.20. The fourth-order valence-electron chi connectivity index (χ4n) is 1.72. The molecule has 0 radical (unpaired) electrons. The summed E-state index contributed by atoms with van der Waals surface area (Å²) in [6.07, 6.45) is 0. The number of hydrogen-bond acceptors (Lipinski definition) is 2. The number of nitrogens with two attached hydrogens (primary N) is 1. The predicted octanol–water partition coefficient (Wildman–Crippen LogP) is 3.13. The topological polar surface area (TPSA) is 55.1 Å². The van der Waals surface area contributed by atoms with Crippen LogP contribution in [-0.4, -0.2) is 5.91 Å². The molecule has 0 atom stereocenters. The van der Waals surface area contributed by atoms with E-state index in [0.29, 0.717) is 0 Å². The van der Waals surface area contributed by atoms with Crippen LogP contribution in [0.25, 0.3) is 0 Å². The molecule has 104 valence electrons. The fraction of sp³-hybridized carbons (Fsp3) is 0.0714. The van der Waals surface area contributed by atoms with E-state index in [2.05, 4.69) is 5.32 Å². The molecule has 0 heterocycles. The van der Waals surface area contributed by atoms with Gasteiger partial charge in [0.2, 0.25) is 0 Å². The van der Waals surface area contributed by atoms with Crippen molar-refractivity contribution >= 4 is 23.2 Å². The Bertz CT molecular complexity index is 641. The lowest BCUT2D eigenvalue weighted by Crippen LogP contribution is -2.24. The van der Waals surface area contributed by atoms with Crippen LogP contribution in [0.5, 0.6) is 0 Å². The number of halogens is 3. The highest BCUT2D eigenvalue weighted by Crippen LogP contribution is 2.21. The minimum atomic E-state index is -0.598. The van der Waals surface area contributed by atoms with Crippen LogP contribution in [0.4, 0.5) is 14.5 Å². The molecule has 1 amide bonds. The molecule has 0 aliphatic heterocycles. The Morgan fingerprint density at radius 1 is 1.25 bits per heavy atom. The van der Waals surface area contributed by atoms with E-state index in [9.17, 15) is 13.6 Å². The maximum atomic E-state index is 13.4. The van der Waals surface area contributed by atoms with Crippen LogP contribution >= 0.6 is 11.6 Å². The smallest absolute Gasteiger partial charge is 0.255 e. The zero-order valence-corrected chi connectivity index (χ0v) is 11.0. The van der Waals surface area contributed by atoms with Gasteiger partial charge in [-0.3, -0.25) is 4.79 Å². The van der Waals surface area contributed by atoms with Crippen molar-refractivity contribution in [3.8, 4) is 0 Å². The van der Waals surface area contributed by atoms with Gasteiger partial charge in [0.05, 0.1) is 10.6 Å². The molecular formula is C14H11ClF2N2O. The van der Waals surface area contributed by atoms with Crippen molar-refractivity contribution in [2.75, 3.05) is 5.73 Å². The number of nitrogens with one attached hydrogen (secondary N) is 1. The van der Waals surface area contributed by atoms with Gasteiger partial charge in [-0.25, -0.2) is 8.78 Å². The molecule has 3 nitrogen and oxygen atoms in total. The first-order valence-electron chi connectivity index (χ1n) is 5.75. The SMILES string of the molecule is Nc1cccc(Cl)c1C(=O)NCc1cc(F)ccc1F. The largest absolute Gasteiger partial charge is 0.398 e. The van der Waals surface area contributed by atoms with Crippen molar-refractivity contribution in [3.63, 3.8) is 0 Å². The fourth-order valence-corrected chi connectivity index (χ4v) is 1.99. The molecule has 3 N–H and O–H groups in total. The standard InChI is InChI=1S/C14H11ClF2N2O/c15-10-2-1-3-12(18)13(10)14(20)19-7-8-6-9(16)4-5-11(8)17/h1-6H,7,18H2,(H,19,20). The van der Waals surface area contributed by atoms with E-state index in [-0.39, 0.29) is 28.4 Å². The summed E-state index contributed by atoms with van der Waals surface area (Å²) in [6, 6.07) is 7.69. The molecule has 0 aliphatic carbocycles. The summed E-state index contributed by atoms with van der Waals surface area (Å²) >= 11 is 5.89. The van der Waals surface area contributed by atoms with Gasteiger partial charge < -0.3 is 11.1 Å². The van der Waals surface area contributed by atoms with Crippen molar-refractivity contribution in [1.29, 1.82) is 0 Å². The monoisotopic (exact) mass is 296 g/mol. The van der Waals surface area contributed by atoms with E-state index in [4.69, 9.17) is 17.3 Å². The van der Waals surface area contributed by atoms with Crippen molar-refractivity contribution in [1.82, 2.24) is 5.32 Å². The van der Waals surface area contributed by atoms with Crippen molar-refractivity contribution in [2.45, 2.75) is 6.54 Å². The normalized spacial score (nSPS) is 10.3. The van der Waals surface area contributed by atoms with Crippen LogP contribution in [0, 0.1) is 11.6 Å². The van der Waals surface area contributed by atoms with Gasteiger partial charge in [0, 0.05) is 17.8 Å². The molecule has 2 aromatic rings. The molecular weight excluding hydrogens is 286 g/mol. The van der Waals surface area contributed by atoms with Crippen molar-refractivity contribution in [2.24, 2.45) is 0 Å². The van der Waals surface area contributed by atoms with Crippen LogP contribution in [0.2, 0.25) is 5.02 Å². The third-order valence-corrected chi connectivity index (χ3v) is 3.04. The van der Waals surface area contributed by atoms with Crippen LogP contribution in [0.1, 0.15) is 15.9 Å². The molecule has 0 saturated heterocycles. The number of carbonyl (C=O) groups is 1. The second-order valence-electron chi connectivity index (χ2n) is 4.12. The van der Waals surface area contributed by atoms with E-state index < -0.39 is 17.5 Å². The minimum absolute atomic E-state index is 0.0453. The summed E-state index contributed by atoms with van der Waals surface area (Å²) in [4.78, 5) is 12.0. The van der Waals surface area contributed by atoms with Crippen LogP contribution < -0.4 is 11.1 Å². The Morgan fingerprint density at radius 3 is 2.70 bits per heavy atom. The van der Waals surface area contributed by atoms with Crippen molar-refractivity contribution < 1.29 is 13.6 Å². The van der Waals surface area contributed by atoms with E-state index in [1.165, 1.54) is 12.1 Å². The Morgan fingerprint density at radius 2 is 2.00 bits per heavy atom. The van der Waals surface area contributed by atoms with Crippen LogP contribution in [0.3, 0.4) is 0 Å². The first-order chi connectivity index (χ1) is 9.49. The van der Waals surface area contributed by atoms with Crippen LogP contribution in [-0.2, 0) is 6.54 Å². The van der Waals surface area contributed by atoms with Gasteiger partial charge in [0.1, 0.15) is 11.6 Å². The zero-order chi connectivity index (χ0) is 14.7. The molecule has 0 spiro atoms. The number of carbonyl (C=O) groups excluding carboxylic acids is 1. The van der Waals surface area contributed by atoms with Gasteiger partial charge in [0.15, 0.2) is 0 Å². The van der Waals surface area contributed by atoms with E-state index in [1.807, 2.05) is 0 Å². The average Bonchev–Trinajstić information content (AvgIpc) is 2.39. The third kappa shape index (κ3) is 3.05. The third-order valence-electron chi connectivity index (χ3n) is 2.72. The molecule has 20 heavy (non-hydrogen) atoms. The molecule has 2 aromatic carbocycles. The number of anilines is 1. The highest BCUT2D eigenvalue weighted by molar-refractivity contribution is 6.34. The molecule has 0 aromatic heterocycles. The highest BCUT2D eigenvalue weighted by atomic mass is 35.5. The zero-order valence-electron chi connectivity index (χ0n) is 10.3. The number of nitrogen functional groups attached to an aromatic ring is 1. The lowest BCUT2D eigenvalue weighted by Gasteiger charge is -2.09. The molecule has 6 heteroatoms. The number of benzene rings is 2. The molecule has 0 bridgehead atoms. The predicted molar refractivity (Wildman–Crippen MR) is 73.4 cm³/mol. The Labute approximate surface area is 119 Å². The number of hydrogen-bond donors (Lipinski definition) is 2. The van der Waals surface area contributed by atoms with Gasteiger partial charge in [0.25, 0.3) is 5.91 Å². The Hall–Kier alpha value is -2.14. The lowest BCUT2D eigenvalue weighted by molar-refractivity contribution is 0.0951. The average molecular weight is 297 g/mol. The summed E-state index contributed by atoms with van der Waals surface area (Å²) in [5.74, 6) is -1.72. The number of rotatable bonds is 3. The van der Waals surface area contributed by atoms with E-state index in [0.717, 1.165) is 18.2 Å². The molecule has 0 unspecified atom stereocenters. The first kappa shape index (κ1) is 14.3. The maximum Gasteiger partial charge on any atom is 0.255 e. The van der Waals surface area contributed by atoms with Gasteiger partial charge in [-0.2, -0.15) is 0 Å². The van der Waals surface area contributed by atoms with Crippen LogP contribution in [0.15, 0.2) is 36.4 Å². The quantitative estimate of drug-likeness (QED) is 0.855. The molecule has 0 aliphatic rings. The second-order valence-corrected chi connectivity index (χ2v) is 4.53. The van der Waals surface area contributed by atoms with E-state index in [1.54, 1.807) is 6.07 Å². The molecule has 0 fully saturated rings. The molecule has 2 rings (SSSR count). The highest BCUT2D eigenvalue weighted by Gasteiger charge is 2.14. The lowest BCUT2D eigenvalue weighted by atomic mass is 10.1. The van der Waals surface area contributed by atoms with Crippen molar-refractivity contribution in [3.05, 3.63) is 64.2 Å². The van der Waals surface area contributed by atoms with Gasteiger partial charge >= 0.3 is 0 Å². The molecule has 0 saturated carbocycles. The van der Waals surface area contributed by atoms with E-state index >= 15 is 0 Å². The van der Waals surface area contributed by atoms with Gasteiger partial charge in [-0.05, 0) is 30.3 Å². The maximum absolute atomic E-state index is 13.4. The summed E-state index contributed by atoms with van der Waals surface area (Å²) in [5.41, 5.74) is 6.05. The number of amides is 1. The minimum Gasteiger partial charge on any atom is -0.398 e. The van der Waals surface area contributed by atoms with Gasteiger partial charge in [-0.15, -0.1) is 0 Å². The summed E-state index contributed by atoms with van der Waals surface area (Å²) < 4.78 is 26.4. The second kappa shape index (κ2) is 5.88. The summed E-state index contributed by atoms with van der Waals surface area (Å²) in [7, 11) is 0. The summed E-state index contributed by atoms with van der Waals surface area (Å²) in [5, 5.41) is 2.65. The first-order valence-corrected chi connectivity index (χ1v) is 6.13. The summed E-state index contributed by atoms with van der Waals surface area (Å²) in [6.45, 7) is -0.160. The van der Waals surface area contributed by atoms with Gasteiger partial charge in [-0.1, -0.05) is 17.7 Å².